The van der Waals surface area contributed by atoms with Crippen molar-refractivity contribution in [3.05, 3.63) is 59.7 Å². The molecule has 0 unspecified atom stereocenters. The molecule has 1 aromatic carbocycles. The summed E-state index contributed by atoms with van der Waals surface area (Å²) in [5.74, 6) is 0. The fourth-order valence-corrected chi connectivity index (χ4v) is 1.30. The van der Waals surface area contributed by atoms with Crippen LogP contribution in [0.4, 0.5) is 0 Å². The van der Waals surface area contributed by atoms with Crippen LogP contribution in [0.25, 0.3) is 0 Å². The van der Waals surface area contributed by atoms with Crippen molar-refractivity contribution in [1.29, 1.82) is 0 Å². The van der Waals surface area contributed by atoms with E-state index in [1.54, 1.807) is 0 Å². The monoisotopic (exact) mass is 262 g/mol. The first-order valence-corrected chi connectivity index (χ1v) is 7.68. The van der Waals surface area contributed by atoms with Gasteiger partial charge in [-0.3, -0.25) is 0 Å². The summed E-state index contributed by atoms with van der Waals surface area (Å²) in [7, 11) is 0. The Morgan fingerprint density at radius 1 is 0.842 bits per heavy atom. The van der Waals surface area contributed by atoms with Crippen molar-refractivity contribution in [2.24, 2.45) is 0 Å². The van der Waals surface area contributed by atoms with E-state index in [2.05, 4.69) is 62.4 Å². The molecule has 0 saturated heterocycles. The first-order valence-electron chi connectivity index (χ1n) is 7.68. The number of hydrogen-bond donors (Lipinski definition) is 0. The van der Waals surface area contributed by atoms with E-state index in [0.717, 1.165) is 6.42 Å². The number of allylic oxidation sites excluding steroid dienone is 4. The summed E-state index contributed by atoms with van der Waals surface area (Å²) in [4.78, 5) is 0. The van der Waals surface area contributed by atoms with E-state index in [0.29, 0.717) is 0 Å². The molecule has 0 saturated carbocycles. The van der Waals surface area contributed by atoms with Gasteiger partial charge in [0.15, 0.2) is 0 Å². The fraction of sp³-hybridized carbons (Fsp3) is 0.474. The van der Waals surface area contributed by atoms with Gasteiger partial charge in [0.25, 0.3) is 0 Å². The van der Waals surface area contributed by atoms with Crippen LogP contribution in [0.1, 0.15) is 61.0 Å². The van der Waals surface area contributed by atoms with Crippen molar-refractivity contribution < 1.29 is 0 Å². The Labute approximate surface area is 122 Å². The van der Waals surface area contributed by atoms with E-state index in [1.165, 1.54) is 11.1 Å². The molecule has 0 aliphatic carbocycles. The van der Waals surface area contributed by atoms with E-state index in [9.17, 15) is 0 Å². The van der Waals surface area contributed by atoms with Gasteiger partial charge in [0.2, 0.25) is 0 Å². The third kappa shape index (κ3) is 14.6. The quantitative estimate of drug-likeness (QED) is 0.524. The van der Waals surface area contributed by atoms with Gasteiger partial charge in [0.05, 0.1) is 0 Å². The van der Waals surface area contributed by atoms with Crippen LogP contribution in [0.15, 0.2) is 54.1 Å². The second-order valence-electron chi connectivity index (χ2n) is 3.03. The molecule has 0 spiro atoms. The van der Waals surface area contributed by atoms with Crippen LogP contribution in [0.3, 0.4) is 0 Å². The third-order valence-electron chi connectivity index (χ3n) is 2.00. The van der Waals surface area contributed by atoms with Gasteiger partial charge in [0, 0.05) is 0 Å². The van der Waals surface area contributed by atoms with Gasteiger partial charge in [-0.15, -0.1) is 0 Å². The molecule has 0 atom stereocenters. The molecule has 0 bridgehead atoms. The van der Waals surface area contributed by atoms with Crippen LogP contribution in [0.2, 0.25) is 0 Å². The van der Waals surface area contributed by atoms with Crippen molar-refractivity contribution >= 4 is 0 Å². The maximum atomic E-state index is 2.16. The number of hydrogen-bond acceptors (Lipinski definition) is 0. The molecule has 0 fully saturated rings. The standard InChI is InChI=1S/C13H16.3C2H6/c1-3-8-12(4-2)11-13-9-6-5-7-10-13;3*1-2/h3-10H,11H2,1-2H3;3*1-2H3/b8-3-,12-4+;;;. The molecule has 0 amide bonds. The van der Waals surface area contributed by atoms with Crippen molar-refractivity contribution in [2.75, 3.05) is 0 Å². The molecule has 0 aliphatic heterocycles. The minimum atomic E-state index is 1.03. The second kappa shape index (κ2) is 21.9. The van der Waals surface area contributed by atoms with Crippen molar-refractivity contribution in [3.8, 4) is 0 Å². The van der Waals surface area contributed by atoms with Gasteiger partial charge in [-0.1, -0.05) is 90.1 Å². The predicted molar refractivity (Wildman–Crippen MR) is 92.8 cm³/mol. The summed E-state index contributed by atoms with van der Waals surface area (Å²) in [5.41, 5.74) is 2.74. The zero-order valence-electron chi connectivity index (χ0n) is 14.3. The lowest BCUT2D eigenvalue weighted by atomic mass is 10.0. The molecule has 1 aromatic rings. The van der Waals surface area contributed by atoms with Crippen LogP contribution >= 0.6 is 0 Å². The third-order valence-corrected chi connectivity index (χ3v) is 2.00. The largest absolute Gasteiger partial charge is 0.0874 e. The summed E-state index contributed by atoms with van der Waals surface area (Å²) in [5, 5.41) is 0. The van der Waals surface area contributed by atoms with E-state index >= 15 is 0 Å². The average molecular weight is 262 g/mol. The maximum Gasteiger partial charge on any atom is -0.00292 e. The highest BCUT2D eigenvalue weighted by Crippen LogP contribution is 2.08. The van der Waals surface area contributed by atoms with Crippen molar-refractivity contribution in [2.45, 2.75) is 61.8 Å². The van der Waals surface area contributed by atoms with Crippen LogP contribution in [-0.4, -0.2) is 0 Å². The SMILES string of the molecule is C/C=C\C(=C/C)Cc1ccccc1.CC.CC.CC. The number of benzene rings is 1. The summed E-state index contributed by atoms with van der Waals surface area (Å²) in [6.45, 7) is 16.1. The van der Waals surface area contributed by atoms with Gasteiger partial charge < -0.3 is 0 Å². The van der Waals surface area contributed by atoms with Gasteiger partial charge in [0.1, 0.15) is 0 Å². The fourth-order valence-electron chi connectivity index (χ4n) is 1.30. The Hall–Kier alpha value is -1.30. The summed E-state index contributed by atoms with van der Waals surface area (Å²) >= 11 is 0. The Bertz CT molecular complexity index is 291. The van der Waals surface area contributed by atoms with Crippen LogP contribution in [0.5, 0.6) is 0 Å². The maximum absolute atomic E-state index is 2.16. The van der Waals surface area contributed by atoms with E-state index < -0.39 is 0 Å². The van der Waals surface area contributed by atoms with Crippen LogP contribution < -0.4 is 0 Å². The molecule has 1 rings (SSSR count). The molecular weight excluding hydrogens is 228 g/mol. The van der Waals surface area contributed by atoms with E-state index in [1.807, 2.05) is 41.5 Å². The average Bonchev–Trinajstić information content (AvgIpc) is 2.54. The Morgan fingerprint density at radius 3 is 1.68 bits per heavy atom. The molecule has 0 aliphatic rings. The zero-order valence-corrected chi connectivity index (χ0v) is 14.3. The van der Waals surface area contributed by atoms with E-state index in [4.69, 9.17) is 0 Å². The topological polar surface area (TPSA) is 0 Å². The summed E-state index contributed by atoms with van der Waals surface area (Å²) in [6, 6.07) is 10.5. The van der Waals surface area contributed by atoms with Gasteiger partial charge in [-0.25, -0.2) is 0 Å². The molecular formula is C19H34. The summed E-state index contributed by atoms with van der Waals surface area (Å²) in [6.07, 6.45) is 7.43. The van der Waals surface area contributed by atoms with Crippen molar-refractivity contribution in [1.82, 2.24) is 0 Å². The molecule has 0 nitrogen and oxygen atoms in total. The summed E-state index contributed by atoms with van der Waals surface area (Å²) < 4.78 is 0. The highest BCUT2D eigenvalue weighted by Gasteiger charge is 1.93. The van der Waals surface area contributed by atoms with Crippen LogP contribution in [-0.2, 0) is 6.42 Å². The smallest absolute Gasteiger partial charge is 0.00292 e. The van der Waals surface area contributed by atoms with Gasteiger partial charge in [-0.2, -0.15) is 0 Å². The second-order valence-corrected chi connectivity index (χ2v) is 3.03. The normalized spacial score (nSPS) is 9.37. The lowest BCUT2D eigenvalue weighted by Gasteiger charge is -2.01. The van der Waals surface area contributed by atoms with Crippen molar-refractivity contribution in [3.63, 3.8) is 0 Å². The highest BCUT2D eigenvalue weighted by molar-refractivity contribution is 5.27. The molecule has 0 heteroatoms. The Morgan fingerprint density at radius 2 is 1.32 bits per heavy atom. The molecule has 0 N–H and O–H groups in total. The molecule has 0 aromatic heterocycles. The lowest BCUT2D eigenvalue weighted by molar-refractivity contribution is 1.19. The highest BCUT2D eigenvalue weighted by atomic mass is 14.0. The minimum absolute atomic E-state index is 1.03. The Kier molecular flexibility index (Phi) is 26.4. The first kappa shape index (κ1) is 22.8. The predicted octanol–water partition coefficient (Wildman–Crippen LogP) is 6.83. The lowest BCUT2D eigenvalue weighted by Crippen LogP contribution is -1.86. The Balaban J connectivity index is -0.000000375. The zero-order chi connectivity index (χ0) is 15.5. The molecule has 19 heavy (non-hydrogen) atoms. The molecule has 0 heterocycles. The van der Waals surface area contributed by atoms with Crippen LogP contribution in [0, 0.1) is 0 Å². The molecule has 0 radical (unpaired) electrons. The van der Waals surface area contributed by atoms with E-state index in [-0.39, 0.29) is 0 Å². The molecule has 110 valence electrons. The first-order chi connectivity index (χ1) is 9.36. The number of rotatable bonds is 3. The van der Waals surface area contributed by atoms with Gasteiger partial charge >= 0.3 is 0 Å². The van der Waals surface area contributed by atoms with Gasteiger partial charge in [-0.05, 0) is 31.4 Å². The minimum Gasteiger partial charge on any atom is -0.0874 e.